The summed E-state index contributed by atoms with van der Waals surface area (Å²) in [6, 6.07) is 2.53. The Hall–Kier alpha value is -1.38. The maximum atomic E-state index is 12.0. The van der Waals surface area contributed by atoms with E-state index < -0.39 is 10.0 Å². The molecule has 0 aromatic carbocycles. The quantitative estimate of drug-likeness (QED) is 0.769. The highest BCUT2D eigenvalue weighted by molar-refractivity contribution is 7.89. The molecule has 1 amide bonds. The van der Waals surface area contributed by atoms with Crippen molar-refractivity contribution >= 4 is 15.9 Å². The zero-order valence-corrected chi connectivity index (χ0v) is 10.8. The second-order valence-electron chi connectivity index (χ2n) is 4.26. The van der Waals surface area contributed by atoms with Crippen LogP contribution in [-0.2, 0) is 10.0 Å². The number of carbonyl (C=O) groups is 1. The first-order valence-electron chi connectivity index (χ1n) is 5.48. The van der Waals surface area contributed by atoms with Gasteiger partial charge < -0.3 is 14.2 Å². The molecule has 0 bridgehead atoms. The molecule has 2 heterocycles. The molecule has 1 aromatic rings. The maximum absolute atomic E-state index is 12.0. The van der Waals surface area contributed by atoms with E-state index in [0.29, 0.717) is 13.1 Å². The normalized spacial score (nSPS) is 18.0. The van der Waals surface area contributed by atoms with Gasteiger partial charge in [0.2, 0.25) is 5.09 Å². The van der Waals surface area contributed by atoms with Crippen LogP contribution in [0.15, 0.2) is 21.6 Å². The van der Waals surface area contributed by atoms with Gasteiger partial charge in [0.05, 0.1) is 0 Å². The number of furan rings is 1. The highest BCUT2D eigenvalue weighted by Crippen LogP contribution is 2.15. The molecule has 1 aromatic heterocycles. The van der Waals surface area contributed by atoms with Crippen molar-refractivity contribution in [3.05, 3.63) is 17.9 Å². The lowest BCUT2D eigenvalue weighted by Gasteiger charge is -2.31. The molecule has 0 atom stereocenters. The fourth-order valence-electron chi connectivity index (χ4n) is 1.75. The van der Waals surface area contributed by atoms with Gasteiger partial charge in [-0.15, -0.1) is 0 Å². The van der Waals surface area contributed by atoms with E-state index in [2.05, 4.69) is 4.90 Å². The minimum absolute atomic E-state index is 0.00331. The molecule has 0 unspecified atom stereocenters. The summed E-state index contributed by atoms with van der Waals surface area (Å²) in [6.45, 7) is 2.77. The third-order valence-corrected chi connectivity index (χ3v) is 3.64. The highest BCUT2D eigenvalue weighted by atomic mass is 32.2. The summed E-state index contributed by atoms with van der Waals surface area (Å²) in [7, 11) is -1.92. The topological polar surface area (TPSA) is 96.9 Å². The highest BCUT2D eigenvalue weighted by Gasteiger charge is 2.24. The van der Waals surface area contributed by atoms with Crippen LogP contribution < -0.4 is 5.14 Å². The molecule has 0 radical (unpaired) electrons. The average Bonchev–Trinajstić information content (AvgIpc) is 2.78. The molecule has 1 fully saturated rings. The van der Waals surface area contributed by atoms with Crippen molar-refractivity contribution in [3.8, 4) is 0 Å². The van der Waals surface area contributed by atoms with Crippen LogP contribution in [0.25, 0.3) is 0 Å². The molecule has 2 rings (SSSR count). The van der Waals surface area contributed by atoms with Crippen molar-refractivity contribution < 1.29 is 17.6 Å². The van der Waals surface area contributed by atoms with Crippen LogP contribution in [0, 0.1) is 0 Å². The predicted octanol–water partition coefficient (Wildman–Crippen LogP) is -0.685. The molecule has 100 valence electrons. The molecular weight excluding hydrogens is 258 g/mol. The maximum Gasteiger partial charge on any atom is 0.289 e. The molecule has 0 saturated carbocycles. The Bertz CT molecular complexity index is 543. The number of carbonyl (C=O) groups excluding carboxylic acids is 1. The number of piperazine rings is 1. The van der Waals surface area contributed by atoms with Crippen LogP contribution >= 0.6 is 0 Å². The van der Waals surface area contributed by atoms with Crippen molar-refractivity contribution in [3.63, 3.8) is 0 Å². The van der Waals surface area contributed by atoms with Crippen molar-refractivity contribution in [2.45, 2.75) is 5.09 Å². The third-order valence-electron chi connectivity index (χ3n) is 2.86. The molecular formula is C10H15N3O4S. The summed E-state index contributed by atoms with van der Waals surface area (Å²) < 4.78 is 27.1. The molecule has 7 nitrogen and oxygen atoms in total. The second-order valence-corrected chi connectivity index (χ2v) is 5.75. The minimum Gasteiger partial charge on any atom is -0.438 e. The van der Waals surface area contributed by atoms with Crippen LogP contribution in [0.5, 0.6) is 0 Å². The van der Waals surface area contributed by atoms with Gasteiger partial charge in [-0.1, -0.05) is 0 Å². The minimum atomic E-state index is -3.90. The van der Waals surface area contributed by atoms with Gasteiger partial charge in [0, 0.05) is 26.2 Å². The van der Waals surface area contributed by atoms with Gasteiger partial charge in [-0.3, -0.25) is 4.79 Å². The first kappa shape index (κ1) is 13.1. The van der Waals surface area contributed by atoms with Crippen LogP contribution in [0.1, 0.15) is 10.6 Å². The summed E-state index contributed by atoms with van der Waals surface area (Å²) in [4.78, 5) is 15.8. The van der Waals surface area contributed by atoms with E-state index in [9.17, 15) is 13.2 Å². The first-order chi connectivity index (χ1) is 8.38. The lowest BCUT2D eigenvalue weighted by atomic mass is 10.3. The van der Waals surface area contributed by atoms with E-state index in [-0.39, 0.29) is 16.8 Å². The molecule has 18 heavy (non-hydrogen) atoms. The van der Waals surface area contributed by atoms with Crippen LogP contribution in [0.4, 0.5) is 0 Å². The zero-order chi connectivity index (χ0) is 13.3. The van der Waals surface area contributed by atoms with Gasteiger partial charge in [-0.2, -0.15) is 0 Å². The lowest BCUT2D eigenvalue weighted by Crippen LogP contribution is -2.47. The summed E-state index contributed by atoms with van der Waals surface area (Å²) in [5.74, 6) is -0.304. The van der Waals surface area contributed by atoms with Crippen LogP contribution in [0.3, 0.4) is 0 Å². The molecule has 1 aliphatic rings. The van der Waals surface area contributed by atoms with E-state index in [0.717, 1.165) is 13.1 Å². The third kappa shape index (κ3) is 2.71. The number of primary sulfonamides is 1. The first-order valence-corrected chi connectivity index (χ1v) is 7.03. The zero-order valence-electron chi connectivity index (χ0n) is 10.00. The molecule has 1 saturated heterocycles. The number of amides is 1. The second kappa shape index (κ2) is 4.71. The van der Waals surface area contributed by atoms with Crippen molar-refractivity contribution in [2.75, 3.05) is 33.2 Å². The van der Waals surface area contributed by atoms with E-state index in [1.54, 1.807) is 4.90 Å². The Labute approximate surface area is 105 Å². The lowest BCUT2D eigenvalue weighted by molar-refractivity contribution is 0.0627. The van der Waals surface area contributed by atoms with Gasteiger partial charge in [-0.05, 0) is 19.2 Å². The molecule has 8 heteroatoms. The van der Waals surface area contributed by atoms with Crippen LogP contribution in [-0.4, -0.2) is 57.4 Å². The number of hydrogen-bond donors (Lipinski definition) is 1. The average molecular weight is 273 g/mol. The van der Waals surface area contributed by atoms with E-state index in [1.165, 1.54) is 12.1 Å². The number of sulfonamides is 1. The van der Waals surface area contributed by atoms with Gasteiger partial charge >= 0.3 is 0 Å². The van der Waals surface area contributed by atoms with E-state index >= 15 is 0 Å². The van der Waals surface area contributed by atoms with Gasteiger partial charge in [0.1, 0.15) is 0 Å². The number of nitrogens with zero attached hydrogens (tertiary/aromatic N) is 2. The van der Waals surface area contributed by atoms with E-state index in [1.807, 2.05) is 7.05 Å². The Kier molecular flexibility index (Phi) is 3.42. The number of hydrogen-bond acceptors (Lipinski definition) is 5. The number of likely N-dealkylation sites (N-methyl/N-ethyl adjacent to an activating group) is 1. The molecule has 0 spiro atoms. The molecule has 2 N–H and O–H groups in total. The fraction of sp³-hybridized carbons (Fsp3) is 0.500. The Morgan fingerprint density at radius 1 is 1.28 bits per heavy atom. The number of rotatable bonds is 2. The standard InChI is InChI=1S/C10H15N3O4S/c1-12-4-6-13(7-5-12)10(14)8-2-3-9(17-8)18(11,15)16/h2-3H,4-7H2,1H3,(H2,11,15,16). The van der Waals surface area contributed by atoms with Crippen molar-refractivity contribution in [1.29, 1.82) is 0 Å². The smallest absolute Gasteiger partial charge is 0.289 e. The summed E-state index contributed by atoms with van der Waals surface area (Å²) in [5.41, 5.74) is 0. The molecule has 1 aliphatic heterocycles. The molecule has 0 aliphatic carbocycles. The van der Waals surface area contributed by atoms with Gasteiger partial charge in [0.25, 0.3) is 15.9 Å². The Morgan fingerprint density at radius 2 is 1.89 bits per heavy atom. The monoisotopic (exact) mass is 273 g/mol. The van der Waals surface area contributed by atoms with Crippen LogP contribution in [0.2, 0.25) is 0 Å². The summed E-state index contributed by atoms with van der Waals surface area (Å²) in [5, 5.41) is 4.52. The number of nitrogens with two attached hydrogens (primary N) is 1. The van der Waals surface area contributed by atoms with Crippen molar-refractivity contribution in [2.24, 2.45) is 5.14 Å². The summed E-state index contributed by atoms with van der Waals surface area (Å²) in [6.07, 6.45) is 0. The van der Waals surface area contributed by atoms with Crippen molar-refractivity contribution in [1.82, 2.24) is 9.80 Å². The fourth-order valence-corrected chi connectivity index (χ4v) is 2.22. The van der Waals surface area contributed by atoms with E-state index in [4.69, 9.17) is 9.56 Å². The SMILES string of the molecule is CN1CCN(C(=O)c2ccc(S(N)(=O)=O)o2)CC1. The Balaban J connectivity index is 2.12. The largest absolute Gasteiger partial charge is 0.438 e. The summed E-state index contributed by atoms with van der Waals surface area (Å²) >= 11 is 0. The van der Waals surface area contributed by atoms with Gasteiger partial charge in [-0.25, -0.2) is 13.6 Å². The predicted molar refractivity (Wildman–Crippen MR) is 63.5 cm³/mol. The Morgan fingerprint density at radius 3 is 2.39 bits per heavy atom. The van der Waals surface area contributed by atoms with Gasteiger partial charge in [0.15, 0.2) is 5.76 Å².